The minimum absolute atomic E-state index is 0.458. The van der Waals surface area contributed by atoms with E-state index >= 15 is 0 Å². The standard InChI is InChI=1S/C12H23NO/c1-9(11-5-4-8-14-11)13-10(2)12(3)6-7-12/h9-11,13H,4-8H2,1-3H3. The van der Waals surface area contributed by atoms with Crippen LogP contribution in [0.2, 0.25) is 0 Å². The molecule has 1 saturated heterocycles. The third-order valence-electron chi connectivity index (χ3n) is 4.12. The molecule has 1 aliphatic carbocycles. The Bertz CT molecular complexity index is 194. The number of nitrogens with one attached hydrogen (secondary N) is 1. The average Bonchev–Trinajstić information content (AvgIpc) is 2.71. The summed E-state index contributed by atoms with van der Waals surface area (Å²) in [6.07, 6.45) is 5.71. The zero-order valence-corrected chi connectivity index (χ0v) is 9.68. The van der Waals surface area contributed by atoms with E-state index in [2.05, 4.69) is 26.1 Å². The normalized spacial score (nSPS) is 34.1. The maximum absolute atomic E-state index is 5.69. The Kier molecular flexibility index (Phi) is 2.85. The van der Waals surface area contributed by atoms with Crippen molar-refractivity contribution in [2.45, 2.75) is 64.6 Å². The van der Waals surface area contributed by atoms with Crippen molar-refractivity contribution < 1.29 is 4.74 Å². The Hall–Kier alpha value is -0.0800. The predicted molar refractivity (Wildman–Crippen MR) is 58.4 cm³/mol. The molecule has 0 bridgehead atoms. The molecule has 0 radical (unpaired) electrons. The lowest BCUT2D eigenvalue weighted by atomic mass is 9.99. The third kappa shape index (κ3) is 2.12. The van der Waals surface area contributed by atoms with Gasteiger partial charge in [-0.1, -0.05) is 6.92 Å². The Labute approximate surface area is 87.4 Å². The van der Waals surface area contributed by atoms with Crippen LogP contribution in [0, 0.1) is 5.41 Å². The molecule has 1 N–H and O–H groups in total. The molecule has 1 aliphatic heterocycles. The highest BCUT2D eigenvalue weighted by Crippen LogP contribution is 2.48. The number of ether oxygens (including phenoxy) is 1. The highest BCUT2D eigenvalue weighted by molar-refractivity contribution is 4.98. The first-order valence-corrected chi connectivity index (χ1v) is 5.99. The van der Waals surface area contributed by atoms with Gasteiger partial charge in [0.15, 0.2) is 0 Å². The van der Waals surface area contributed by atoms with Crippen LogP contribution in [0.1, 0.15) is 46.5 Å². The minimum Gasteiger partial charge on any atom is -0.377 e. The molecule has 0 aromatic heterocycles. The smallest absolute Gasteiger partial charge is 0.0726 e. The van der Waals surface area contributed by atoms with Crippen molar-refractivity contribution in [2.24, 2.45) is 5.41 Å². The lowest BCUT2D eigenvalue weighted by Crippen LogP contribution is -2.45. The maximum Gasteiger partial charge on any atom is 0.0726 e. The fraction of sp³-hybridized carbons (Fsp3) is 1.00. The van der Waals surface area contributed by atoms with E-state index < -0.39 is 0 Å². The van der Waals surface area contributed by atoms with E-state index in [-0.39, 0.29) is 0 Å². The van der Waals surface area contributed by atoms with Gasteiger partial charge in [-0.15, -0.1) is 0 Å². The van der Waals surface area contributed by atoms with Crippen LogP contribution in [0.3, 0.4) is 0 Å². The summed E-state index contributed by atoms with van der Waals surface area (Å²) in [5.41, 5.74) is 0.576. The number of hydrogen-bond acceptors (Lipinski definition) is 2. The SMILES string of the molecule is CC(NC(C)C1(C)CC1)C1CCCO1. The molecule has 0 amide bonds. The summed E-state index contributed by atoms with van der Waals surface area (Å²) in [6, 6.07) is 1.16. The largest absolute Gasteiger partial charge is 0.377 e. The highest BCUT2D eigenvalue weighted by atomic mass is 16.5. The van der Waals surface area contributed by atoms with Gasteiger partial charge in [-0.3, -0.25) is 0 Å². The molecule has 0 aromatic carbocycles. The van der Waals surface area contributed by atoms with Crippen LogP contribution in [-0.2, 0) is 4.74 Å². The first kappa shape index (κ1) is 10.4. The predicted octanol–water partition coefficient (Wildman–Crippen LogP) is 2.33. The van der Waals surface area contributed by atoms with Gasteiger partial charge >= 0.3 is 0 Å². The number of hydrogen-bond donors (Lipinski definition) is 1. The van der Waals surface area contributed by atoms with Crippen molar-refractivity contribution >= 4 is 0 Å². The zero-order chi connectivity index (χ0) is 10.2. The molecule has 3 unspecified atom stereocenters. The third-order valence-corrected chi connectivity index (χ3v) is 4.12. The Balaban J connectivity index is 1.78. The highest BCUT2D eigenvalue weighted by Gasteiger charge is 2.43. The Morgan fingerprint density at radius 2 is 2.07 bits per heavy atom. The molecule has 2 nitrogen and oxygen atoms in total. The van der Waals surface area contributed by atoms with Crippen LogP contribution in [0.5, 0.6) is 0 Å². The van der Waals surface area contributed by atoms with Crippen molar-refractivity contribution in [2.75, 3.05) is 6.61 Å². The van der Waals surface area contributed by atoms with E-state index in [9.17, 15) is 0 Å². The van der Waals surface area contributed by atoms with E-state index in [1.807, 2.05) is 0 Å². The summed E-state index contributed by atoms with van der Waals surface area (Å²) < 4.78 is 5.69. The molecule has 2 rings (SSSR count). The molecular weight excluding hydrogens is 174 g/mol. The van der Waals surface area contributed by atoms with Gasteiger partial charge in [0.2, 0.25) is 0 Å². The molecular formula is C12H23NO. The van der Waals surface area contributed by atoms with Gasteiger partial charge in [-0.2, -0.15) is 0 Å². The van der Waals surface area contributed by atoms with Gasteiger partial charge in [-0.25, -0.2) is 0 Å². The average molecular weight is 197 g/mol. The molecule has 1 saturated carbocycles. The summed E-state index contributed by atoms with van der Waals surface area (Å²) in [4.78, 5) is 0. The van der Waals surface area contributed by atoms with Crippen molar-refractivity contribution in [1.29, 1.82) is 0 Å². The van der Waals surface area contributed by atoms with E-state index in [0.717, 1.165) is 6.61 Å². The van der Waals surface area contributed by atoms with Crippen LogP contribution in [0.4, 0.5) is 0 Å². The lowest BCUT2D eigenvalue weighted by molar-refractivity contribution is 0.0769. The van der Waals surface area contributed by atoms with Gasteiger partial charge in [0, 0.05) is 18.7 Å². The molecule has 1 heterocycles. The molecule has 82 valence electrons. The number of rotatable bonds is 4. The maximum atomic E-state index is 5.69. The zero-order valence-electron chi connectivity index (χ0n) is 9.68. The van der Waals surface area contributed by atoms with E-state index in [0.29, 0.717) is 23.6 Å². The summed E-state index contributed by atoms with van der Waals surface area (Å²) in [5, 5.41) is 3.70. The molecule has 14 heavy (non-hydrogen) atoms. The van der Waals surface area contributed by atoms with Crippen LogP contribution >= 0.6 is 0 Å². The summed E-state index contributed by atoms with van der Waals surface area (Å²) in [5.74, 6) is 0. The van der Waals surface area contributed by atoms with Crippen LogP contribution < -0.4 is 5.32 Å². The first-order valence-electron chi connectivity index (χ1n) is 5.99. The summed E-state index contributed by atoms with van der Waals surface area (Å²) in [7, 11) is 0. The molecule has 2 aliphatic rings. The Morgan fingerprint density at radius 1 is 1.36 bits per heavy atom. The topological polar surface area (TPSA) is 21.3 Å². The van der Waals surface area contributed by atoms with Crippen LogP contribution in [0.25, 0.3) is 0 Å². The van der Waals surface area contributed by atoms with Crippen LogP contribution in [0.15, 0.2) is 0 Å². The quantitative estimate of drug-likeness (QED) is 0.747. The van der Waals surface area contributed by atoms with Gasteiger partial charge < -0.3 is 10.1 Å². The summed E-state index contributed by atoms with van der Waals surface area (Å²) in [6.45, 7) is 7.92. The van der Waals surface area contributed by atoms with Crippen molar-refractivity contribution in [3.63, 3.8) is 0 Å². The Morgan fingerprint density at radius 3 is 2.57 bits per heavy atom. The van der Waals surface area contributed by atoms with Crippen molar-refractivity contribution in [3.8, 4) is 0 Å². The molecule has 2 fully saturated rings. The van der Waals surface area contributed by atoms with Gasteiger partial charge in [0.05, 0.1) is 6.10 Å². The van der Waals surface area contributed by atoms with Crippen molar-refractivity contribution in [3.05, 3.63) is 0 Å². The molecule has 3 atom stereocenters. The minimum atomic E-state index is 0.458. The van der Waals surface area contributed by atoms with E-state index in [1.165, 1.54) is 25.7 Å². The van der Waals surface area contributed by atoms with Gasteiger partial charge in [0.25, 0.3) is 0 Å². The first-order chi connectivity index (χ1) is 6.62. The second-order valence-electron chi connectivity index (χ2n) is 5.38. The van der Waals surface area contributed by atoms with E-state index in [4.69, 9.17) is 4.74 Å². The molecule has 0 aromatic rings. The van der Waals surface area contributed by atoms with Gasteiger partial charge in [0.1, 0.15) is 0 Å². The fourth-order valence-corrected chi connectivity index (χ4v) is 2.33. The fourth-order valence-electron chi connectivity index (χ4n) is 2.33. The molecule has 0 spiro atoms. The second-order valence-corrected chi connectivity index (χ2v) is 5.38. The van der Waals surface area contributed by atoms with Crippen LogP contribution in [-0.4, -0.2) is 24.8 Å². The van der Waals surface area contributed by atoms with E-state index in [1.54, 1.807) is 0 Å². The lowest BCUT2D eigenvalue weighted by Gasteiger charge is -2.28. The van der Waals surface area contributed by atoms with Crippen molar-refractivity contribution in [1.82, 2.24) is 5.32 Å². The summed E-state index contributed by atoms with van der Waals surface area (Å²) >= 11 is 0. The van der Waals surface area contributed by atoms with Gasteiger partial charge in [-0.05, 0) is 44.9 Å². The second kappa shape index (κ2) is 3.82. The molecule has 2 heteroatoms. The monoisotopic (exact) mass is 197 g/mol.